The quantitative estimate of drug-likeness (QED) is 0.709. The standard InChI is InChI=1S/C10H13NO2/c1-2-13-9-7-5-3-4-6-8(9)10(11)12/h3-5,7H,2,6H2,1H3,(H2,11,12). The summed E-state index contributed by atoms with van der Waals surface area (Å²) in [5.74, 6) is 0.166. The third-order valence-electron chi connectivity index (χ3n) is 1.71. The summed E-state index contributed by atoms with van der Waals surface area (Å²) in [6.45, 7) is 2.41. The van der Waals surface area contributed by atoms with Crippen molar-refractivity contribution in [1.29, 1.82) is 0 Å². The molecule has 0 aromatic rings. The van der Waals surface area contributed by atoms with E-state index in [-0.39, 0.29) is 0 Å². The molecule has 0 atom stereocenters. The number of carbonyl (C=O) groups excluding carboxylic acids is 1. The number of allylic oxidation sites excluding steroid dienone is 4. The first kappa shape index (κ1) is 9.58. The van der Waals surface area contributed by atoms with Gasteiger partial charge in [0.2, 0.25) is 5.91 Å². The average molecular weight is 179 g/mol. The van der Waals surface area contributed by atoms with Gasteiger partial charge in [0.1, 0.15) is 5.76 Å². The van der Waals surface area contributed by atoms with Crippen molar-refractivity contribution >= 4 is 5.91 Å². The molecule has 0 spiro atoms. The zero-order valence-electron chi connectivity index (χ0n) is 7.62. The Morgan fingerprint density at radius 2 is 2.38 bits per heavy atom. The summed E-state index contributed by atoms with van der Waals surface area (Å²) < 4.78 is 5.29. The second-order valence-corrected chi connectivity index (χ2v) is 2.63. The maximum Gasteiger partial charge on any atom is 0.248 e. The monoisotopic (exact) mass is 179 g/mol. The molecular weight excluding hydrogens is 166 g/mol. The first-order valence-corrected chi connectivity index (χ1v) is 4.24. The van der Waals surface area contributed by atoms with Crippen LogP contribution in [-0.4, -0.2) is 12.5 Å². The lowest BCUT2D eigenvalue weighted by atomic mass is 10.1. The topological polar surface area (TPSA) is 52.3 Å². The lowest BCUT2D eigenvalue weighted by Gasteiger charge is -2.07. The van der Waals surface area contributed by atoms with Crippen molar-refractivity contribution in [1.82, 2.24) is 0 Å². The number of rotatable bonds is 3. The Morgan fingerprint density at radius 1 is 1.62 bits per heavy atom. The van der Waals surface area contributed by atoms with E-state index in [1.165, 1.54) is 0 Å². The average Bonchev–Trinajstić information content (AvgIpc) is 2.30. The molecule has 2 N–H and O–H groups in total. The van der Waals surface area contributed by atoms with Crippen molar-refractivity contribution < 1.29 is 9.53 Å². The van der Waals surface area contributed by atoms with Gasteiger partial charge in [0.05, 0.1) is 12.2 Å². The molecule has 1 aliphatic carbocycles. The summed E-state index contributed by atoms with van der Waals surface area (Å²) in [6.07, 6.45) is 7.88. The Balaban J connectivity index is 2.95. The number of amides is 1. The molecule has 0 aliphatic heterocycles. The van der Waals surface area contributed by atoms with Crippen molar-refractivity contribution in [3.05, 3.63) is 35.6 Å². The van der Waals surface area contributed by atoms with Crippen molar-refractivity contribution in [2.75, 3.05) is 6.61 Å². The molecule has 1 amide bonds. The highest BCUT2D eigenvalue weighted by molar-refractivity contribution is 5.93. The highest BCUT2D eigenvalue weighted by Crippen LogP contribution is 2.15. The molecule has 0 unspecified atom stereocenters. The zero-order chi connectivity index (χ0) is 9.68. The number of nitrogens with two attached hydrogens (primary N) is 1. The molecule has 1 rings (SSSR count). The van der Waals surface area contributed by atoms with Crippen LogP contribution in [0.15, 0.2) is 35.6 Å². The van der Waals surface area contributed by atoms with Gasteiger partial charge in [0.25, 0.3) is 0 Å². The van der Waals surface area contributed by atoms with Crippen LogP contribution in [0.2, 0.25) is 0 Å². The van der Waals surface area contributed by atoms with Crippen LogP contribution in [0.3, 0.4) is 0 Å². The molecule has 0 aromatic carbocycles. The van der Waals surface area contributed by atoms with Crippen LogP contribution < -0.4 is 5.73 Å². The number of ether oxygens (including phenoxy) is 1. The summed E-state index contributed by atoms with van der Waals surface area (Å²) in [5.41, 5.74) is 5.75. The van der Waals surface area contributed by atoms with E-state index >= 15 is 0 Å². The van der Waals surface area contributed by atoms with Crippen molar-refractivity contribution in [2.24, 2.45) is 5.73 Å². The second kappa shape index (κ2) is 4.50. The van der Waals surface area contributed by atoms with E-state index in [0.29, 0.717) is 24.4 Å². The molecule has 0 radical (unpaired) electrons. The van der Waals surface area contributed by atoms with Crippen LogP contribution in [0, 0.1) is 0 Å². The van der Waals surface area contributed by atoms with E-state index in [1.807, 2.05) is 25.2 Å². The Bertz CT molecular complexity index is 287. The smallest absolute Gasteiger partial charge is 0.248 e. The molecular formula is C10H13NO2. The van der Waals surface area contributed by atoms with Crippen LogP contribution in [0.25, 0.3) is 0 Å². The maximum absolute atomic E-state index is 11.0. The van der Waals surface area contributed by atoms with Gasteiger partial charge in [-0.3, -0.25) is 4.79 Å². The molecule has 0 bridgehead atoms. The van der Waals surface area contributed by atoms with Gasteiger partial charge in [-0.05, 0) is 19.4 Å². The van der Waals surface area contributed by atoms with Gasteiger partial charge >= 0.3 is 0 Å². The molecule has 3 heteroatoms. The van der Waals surface area contributed by atoms with E-state index in [9.17, 15) is 4.79 Å². The minimum Gasteiger partial charge on any atom is -0.493 e. The van der Waals surface area contributed by atoms with Crippen LogP contribution in [0.5, 0.6) is 0 Å². The Kier molecular flexibility index (Phi) is 3.31. The first-order valence-electron chi connectivity index (χ1n) is 4.24. The molecule has 0 saturated carbocycles. The van der Waals surface area contributed by atoms with E-state index < -0.39 is 5.91 Å². The van der Waals surface area contributed by atoms with Gasteiger partial charge in [0, 0.05) is 0 Å². The van der Waals surface area contributed by atoms with Gasteiger partial charge in [-0.25, -0.2) is 0 Å². The molecule has 3 nitrogen and oxygen atoms in total. The highest BCUT2D eigenvalue weighted by Gasteiger charge is 2.11. The predicted molar refractivity (Wildman–Crippen MR) is 50.7 cm³/mol. The van der Waals surface area contributed by atoms with Gasteiger partial charge in [-0.1, -0.05) is 18.2 Å². The molecule has 13 heavy (non-hydrogen) atoms. The minimum absolute atomic E-state index is 0.417. The van der Waals surface area contributed by atoms with Gasteiger partial charge in [-0.2, -0.15) is 0 Å². The van der Waals surface area contributed by atoms with E-state index in [2.05, 4.69) is 0 Å². The Hall–Kier alpha value is -1.51. The first-order chi connectivity index (χ1) is 6.25. The molecule has 70 valence electrons. The van der Waals surface area contributed by atoms with Crippen LogP contribution in [0.4, 0.5) is 0 Å². The number of carbonyl (C=O) groups is 1. The predicted octanol–water partition coefficient (Wildman–Crippen LogP) is 1.28. The van der Waals surface area contributed by atoms with Gasteiger partial charge < -0.3 is 10.5 Å². The van der Waals surface area contributed by atoms with E-state index in [4.69, 9.17) is 10.5 Å². The van der Waals surface area contributed by atoms with Crippen molar-refractivity contribution in [3.63, 3.8) is 0 Å². The van der Waals surface area contributed by atoms with Crippen molar-refractivity contribution in [3.8, 4) is 0 Å². The molecule has 0 heterocycles. The molecule has 0 fully saturated rings. The highest BCUT2D eigenvalue weighted by atomic mass is 16.5. The minimum atomic E-state index is -0.417. The number of hydrogen-bond donors (Lipinski definition) is 1. The third kappa shape index (κ3) is 2.47. The van der Waals surface area contributed by atoms with Crippen LogP contribution in [0.1, 0.15) is 13.3 Å². The van der Waals surface area contributed by atoms with Gasteiger partial charge in [0.15, 0.2) is 0 Å². The molecule has 0 aromatic heterocycles. The van der Waals surface area contributed by atoms with Crippen LogP contribution >= 0.6 is 0 Å². The zero-order valence-corrected chi connectivity index (χ0v) is 7.62. The fraction of sp³-hybridized carbons (Fsp3) is 0.300. The molecule has 0 saturated heterocycles. The fourth-order valence-corrected chi connectivity index (χ4v) is 1.12. The number of primary amides is 1. The normalized spacial score (nSPS) is 15.8. The summed E-state index contributed by atoms with van der Waals surface area (Å²) in [5, 5.41) is 0. The Morgan fingerprint density at radius 3 is 3.00 bits per heavy atom. The molecule has 1 aliphatic rings. The summed E-state index contributed by atoms with van der Waals surface area (Å²) >= 11 is 0. The second-order valence-electron chi connectivity index (χ2n) is 2.63. The third-order valence-corrected chi connectivity index (χ3v) is 1.71. The summed E-state index contributed by atoms with van der Waals surface area (Å²) in [4.78, 5) is 11.0. The lowest BCUT2D eigenvalue weighted by molar-refractivity contribution is -0.114. The fourth-order valence-electron chi connectivity index (χ4n) is 1.12. The summed E-state index contributed by atoms with van der Waals surface area (Å²) in [7, 11) is 0. The lowest BCUT2D eigenvalue weighted by Crippen LogP contribution is -2.16. The SMILES string of the molecule is CCOC1=C(C(N)=O)CC=CC=C1. The maximum atomic E-state index is 11.0. The summed E-state index contributed by atoms with van der Waals surface area (Å²) in [6, 6.07) is 0. The van der Waals surface area contributed by atoms with Crippen molar-refractivity contribution in [2.45, 2.75) is 13.3 Å². The largest absolute Gasteiger partial charge is 0.493 e. The van der Waals surface area contributed by atoms with Gasteiger partial charge in [-0.15, -0.1) is 0 Å². The van der Waals surface area contributed by atoms with Crippen LogP contribution in [-0.2, 0) is 9.53 Å². The van der Waals surface area contributed by atoms with E-state index in [0.717, 1.165) is 0 Å². The number of hydrogen-bond acceptors (Lipinski definition) is 2. The van der Waals surface area contributed by atoms with E-state index in [1.54, 1.807) is 6.08 Å². The Labute approximate surface area is 77.6 Å².